The summed E-state index contributed by atoms with van der Waals surface area (Å²) in [6.45, 7) is 4.73. The Kier molecular flexibility index (Phi) is 6.12. The summed E-state index contributed by atoms with van der Waals surface area (Å²) in [7, 11) is 0. The van der Waals surface area contributed by atoms with Crippen molar-refractivity contribution in [2.75, 3.05) is 6.54 Å². The Morgan fingerprint density at radius 2 is 1.95 bits per heavy atom. The largest absolute Gasteiger partial charge is 0.409 e. The maximum Gasteiger partial charge on any atom is 0.233 e. The maximum absolute atomic E-state index is 12.5. The van der Waals surface area contributed by atoms with Crippen LogP contribution >= 0.6 is 0 Å². The molecule has 1 saturated carbocycles. The Bertz CT molecular complexity index is 319. The van der Waals surface area contributed by atoms with Crippen LogP contribution in [0.25, 0.3) is 0 Å². The molecule has 0 aromatic carbocycles. The topological polar surface area (TPSA) is 87.7 Å². The molecule has 0 aromatic rings. The third-order valence-electron chi connectivity index (χ3n) is 4.16. The quantitative estimate of drug-likeness (QED) is 0.273. The highest BCUT2D eigenvalue weighted by atomic mass is 16.4. The average Bonchev–Trinajstić information content (AvgIpc) is 2.35. The highest BCUT2D eigenvalue weighted by Gasteiger charge is 2.41. The molecule has 1 amide bonds. The number of oxime groups is 1. The van der Waals surface area contributed by atoms with Gasteiger partial charge in [0.15, 0.2) is 5.84 Å². The van der Waals surface area contributed by atoms with Gasteiger partial charge in [0.05, 0.1) is 0 Å². The van der Waals surface area contributed by atoms with Crippen molar-refractivity contribution < 1.29 is 10.0 Å². The molecule has 1 aliphatic carbocycles. The van der Waals surface area contributed by atoms with E-state index in [-0.39, 0.29) is 11.7 Å². The van der Waals surface area contributed by atoms with Gasteiger partial charge in [-0.1, -0.05) is 38.3 Å². The summed E-state index contributed by atoms with van der Waals surface area (Å²) in [5, 5.41) is 15.1. The van der Waals surface area contributed by atoms with Crippen LogP contribution in [-0.4, -0.2) is 23.5 Å². The van der Waals surface area contributed by atoms with Gasteiger partial charge in [-0.2, -0.15) is 0 Å². The van der Waals surface area contributed by atoms with Crippen LogP contribution in [0.2, 0.25) is 0 Å². The van der Waals surface area contributed by atoms with Crippen molar-refractivity contribution in [3.63, 3.8) is 0 Å². The molecule has 0 atom stereocenters. The summed E-state index contributed by atoms with van der Waals surface area (Å²) in [6, 6.07) is 0. The minimum atomic E-state index is -0.845. The molecule has 0 bridgehead atoms. The molecule has 4 N–H and O–H groups in total. The first-order valence-corrected chi connectivity index (χ1v) is 7.37. The van der Waals surface area contributed by atoms with Crippen LogP contribution in [0.3, 0.4) is 0 Å². The van der Waals surface area contributed by atoms with Gasteiger partial charge in [-0.15, -0.1) is 0 Å². The fourth-order valence-electron chi connectivity index (χ4n) is 2.78. The molecule has 0 spiro atoms. The van der Waals surface area contributed by atoms with Gasteiger partial charge in [-0.05, 0) is 31.6 Å². The molecule has 1 rings (SSSR count). The summed E-state index contributed by atoms with van der Waals surface area (Å²) in [4.78, 5) is 12.5. The molecule has 5 heteroatoms. The Morgan fingerprint density at radius 1 is 1.37 bits per heavy atom. The molecule has 0 unspecified atom stereocenters. The standard InChI is InChI=1S/C14H27N3O2/c1-3-8-14(9-4-2,12(15)17-19)13(18)16-10-11-6-5-7-11/h11,19H,3-10H2,1-2H3,(H2,15,17)(H,16,18). The number of hydrogen-bond acceptors (Lipinski definition) is 3. The molecular formula is C14H27N3O2. The minimum Gasteiger partial charge on any atom is -0.409 e. The lowest BCUT2D eigenvalue weighted by Crippen LogP contribution is -2.51. The van der Waals surface area contributed by atoms with E-state index in [0.717, 1.165) is 12.8 Å². The maximum atomic E-state index is 12.5. The SMILES string of the molecule is CCCC(CCC)(C(=O)NCC1CCC1)C(N)=NO. The predicted octanol–water partition coefficient (Wildman–Crippen LogP) is 2.24. The van der Waals surface area contributed by atoms with Crippen molar-refractivity contribution >= 4 is 11.7 Å². The molecule has 0 radical (unpaired) electrons. The monoisotopic (exact) mass is 269 g/mol. The minimum absolute atomic E-state index is 0.0438. The predicted molar refractivity (Wildman–Crippen MR) is 76.0 cm³/mol. The van der Waals surface area contributed by atoms with Crippen LogP contribution in [0.4, 0.5) is 0 Å². The van der Waals surface area contributed by atoms with Gasteiger partial charge in [0.1, 0.15) is 5.41 Å². The second kappa shape index (κ2) is 7.36. The average molecular weight is 269 g/mol. The number of hydrogen-bond donors (Lipinski definition) is 3. The third-order valence-corrected chi connectivity index (χ3v) is 4.16. The zero-order chi connectivity index (χ0) is 14.3. The van der Waals surface area contributed by atoms with Crippen LogP contribution in [0.5, 0.6) is 0 Å². The molecule has 19 heavy (non-hydrogen) atoms. The van der Waals surface area contributed by atoms with Gasteiger partial charge in [-0.3, -0.25) is 4.79 Å². The summed E-state index contributed by atoms with van der Waals surface area (Å²) >= 11 is 0. The van der Waals surface area contributed by atoms with E-state index < -0.39 is 5.41 Å². The highest BCUT2D eigenvalue weighted by molar-refractivity contribution is 6.06. The first-order chi connectivity index (χ1) is 9.10. The number of carbonyl (C=O) groups is 1. The number of nitrogens with two attached hydrogens (primary N) is 1. The summed E-state index contributed by atoms with van der Waals surface area (Å²) < 4.78 is 0. The number of amides is 1. The van der Waals surface area contributed by atoms with Gasteiger partial charge in [0.2, 0.25) is 5.91 Å². The van der Waals surface area contributed by atoms with Crippen molar-refractivity contribution in [2.24, 2.45) is 22.2 Å². The molecule has 5 nitrogen and oxygen atoms in total. The van der Waals surface area contributed by atoms with Crippen molar-refractivity contribution in [2.45, 2.75) is 58.8 Å². The lowest BCUT2D eigenvalue weighted by atomic mass is 9.76. The van der Waals surface area contributed by atoms with Gasteiger partial charge in [0, 0.05) is 6.54 Å². The van der Waals surface area contributed by atoms with E-state index in [9.17, 15) is 4.79 Å². The van der Waals surface area contributed by atoms with Crippen molar-refractivity contribution in [1.29, 1.82) is 0 Å². The molecule has 1 aliphatic rings. The summed E-state index contributed by atoms with van der Waals surface area (Å²) in [5.74, 6) is 0.568. The van der Waals surface area contributed by atoms with Crippen molar-refractivity contribution in [3.8, 4) is 0 Å². The summed E-state index contributed by atoms with van der Waals surface area (Å²) in [5.41, 5.74) is 4.97. The summed E-state index contributed by atoms with van der Waals surface area (Å²) in [6.07, 6.45) is 6.53. The number of carbonyl (C=O) groups excluding carboxylic acids is 1. The molecule has 0 saturated heterocycles. The lowest BCUT2D eigenvalue weighted by Gasteiger charge is -2.33. The van der Waals surface area contributed by atoms with E-state index in [1.165, 1.54) is 19.3 Å². The fourth-order valence-corrected chi connectivity index (χ4v) is 2.78. The molecular weight excluding hydrogens is 242 g/mol. The first-order valence-electron chi connectivity index (χ1n) is 7.37. The number of rotatable bonds is 8. The Labute approximate surface area is 115 Å². The normalized spacial score (nSPS) is 17.1. The first kappa shape index (κ1) is 15.8. The Hall–Kier alpha value is -1.26. The number of amidine groups is 1. The van der Waals surface area contributed by atoms with Crippen LogP contribution < -0.4 is 11.1 Å². The van der Waals surface area contributed by atoms with Gasteiger partial charge < -0.3 is 16.3 Å². The Morgan fingerprint density at radius 3 is 2.32 bits per heavy atom. The molecule has 0 aromatic heterocycles. The molecule has 0 heterocycles. The van der Waals surface area contributed by atoms with Crippen LogP contribution in [0, 0.1) is 11.3 Å². The second-order valence-corrected chi connectivity index (χ2v) is 5.57. The number of nitrogens with one attached hydrogen (secondary N) is 1. The van der Waals surface area contributed by atoms with Gasteiger partial charge in [0.25, 0.3) is 0 Å². The van der Waals surface area contributed by atoms with E-state index in [1.54, 1.807) is 0 Å². The van der Waals surface area contributed by atoms with E-state index in [4.69, 9.17) is 10.9 Å². The van der Waals surface area contributed by atoms with Gasteiger partial charge >= 0.3 is 0 Å². The van der Waals surface area contributed by atoms with E-state index in [0.29, 0.717) is 25.3 Å². The zero-order valence-electron chi connectivity index (χ0n) is 12.1. The highest BCUT2D eigenvalue weighted by Crippen LogP contribution is 2.31. The fraction of sp³-hybridized carbons (Fsp3) is 0.857. The van der Waals surface area contributed by atoms with E-state index >= 15 is 0 Å². The van der Waals surface area contributed by atoms with Gasteiger partial charge in [-0.25, -0.2) is 0 Å². The Balaban J connectivity index is 2.76. The third kappa shape index (κ3) is 3.61. The zero-order valence-corrected chi connectivity index (χ0v) is 12.1. The van der Waals surface area contributed by atoms with E-state index in [2.05, 4.69) is 10.5 Å². The van der Waals surface area contributed by atoms with Crippen LogP contribution in [0.1, 0.15) is 58.8 Å². The molecule has 1 fully saturated rings. The molecule has 0 aliphatic heterocycles. The van der Waals surface area contributed by atoms with Crippen LogP contribution in [0.15, 0.2) is 5.16 Å². The van der Waals surface area contributed by atoms with Crippen LogP contribution in [-0.2, 0) is 4.79 Å². The van der Waals surface area contributed by atoms with Crippen molar-refractivity contribution in [3.05, 3.63) is 0 Å². The van der Waals surface area contributed by atoms with E-state index in [1.807, 2.05) is 13.8 Å². The number of nitrogens with zero attached hydrogens (tertiary/aromatic N) is 1. The lowest BCUT2D eigenvalue weighted by molar-refractivity contribution is -0.128. The smallest absolute Gasteiger partial charge is 0.233 e. The van der Waals surface area contributed by atoms with Crippen molar-refractivity contribution in [1.82, 2.24) is 5.32 Å². The second-order valence-electron chi connectivity index (χ2n) is 5.57. The molecule has 110 valence electrons.